The molecule has 2 aromatic carbocycles. The smallest absolute Gasteiger partial charge is 0.225 e. The average molecular weight is 335 g/mol. The summed E-state index contributed by atoms with van der Waals surface area (Å²) in [5, 5.41) is 11.0. The number of nitrogens with one attached hydrogen (secondary N) is 1. The van der Waals surface area contributed by atoms with Crippen LogP contribution in [0.2, 0.25) is 0 Å². The standard InChI is InChI=1S/C20H21N3O2/c1-3-15-9-7-8-12-18(15)21-19(24)13-17(16-10-5-4-6-11-16)20-23-22-14(2)25-20/h4-12,17H,3,13H2,1-2H3,(H,21,24). The molecule has 5 nitrogen and oxygen atoms in total. The van der Waals surface area contributed by atoms with Crippen LogP contribution in [0.5, 0.6) is 0 Å². The molecule has 0 saturated carbocycles. The molecular formula is C20H21N3O2. The number of para-hydroxylation sites is 1. The zero-order chi connectivity index (χ0) is 17.6. The molecule has 128 valence electrons. The molecule has 0 fully saturated rings. The molecule has 1 aromatic heterocycles. The third kappa shape index (κ3) is 4.12. The summed E-state index contributed by atoms with van der Waals surface area (Å²) in [6.07, 6.45) is 1.10. The summed E-state index contributed by atoms with van der Waals surface area (Å²) >= 11 is 0. The fourth-order valence-corrected chi connectivity index (χ4v) is 2.82. The van der Waals surface area contributed by atoms with Gasteiger partial charge in [0.2, 0.25) is 17.7 Å². The van der Waals surface area contributed by atoms with Gasteiger partial charge in [0.05, 0.1) is 5.92 Å². The van der Waals surface area contributed by atoms with Crippen molar-refractivity contribution in [3.8, 4) is 0 Å². The number of amides is 1. The van der Waals surface area contributed by atoms with Crippen LogP contribution in [0.1, 0.15) is 42.2 Å². The van der Waals surface area contributed by atoms with Gasteiger partial charge in [-0.15, -0.1) is 10.2 Å². The molecule has 0 radical (unpaired) electrons. The number of hydrogen-bond acceptors (Lipinski definition) is 4. The van der Waals surface area contributed by atoms with Gasteiger partial charge in [0.1, 0.15) is 0 Å². The predicted molar refractivity (Wildman–Crippen MR) is 96.4 cm³/mol. The van der Waals surface area contributed by atoms with E-state index in [1.165, 1.54) is 0 Å². The van der Waals surface area contributed by atoms with E-state index in [2.05, 4.69) is 22.4 Å². The third-order valence-corrected chi connectivity index (χ3v) is 4.10. The van der Waals surface area contributed by atoms with Crippen molar-refractivity contribution in [1.82, 2.24) is 10.2 Å². The largest absolute Gasteiger partial charge is 0.425 e. The Bertz CT molecular complexity index is 843. The van der Waals surface area contributed by atoms with Crippen molar-refractivity contribution in [2.24, 2.45) is 0 Å². The second kappa shape index (κ2) is 7.75. The molecule has 0 saturated heterocycles. The lowest BCUT2D eigenvalue weighted by Gasteiger charge is -2.15. The maximum atomic E-state index is 12.6. The van der Waals surface area contributed by atoms with Gasteiger partial charge in [0.25, 0.3) is 0 Å². The highest BCUT2D eigenvalue weighted by molar-refractivity contribution is 5.92. The van der Waals surface area contributed by atoms with Gasteiger partial charge >= 0.3 is 0 Å². The van der Waals surface area contributed by atoms with Crippen LogP contribution in [0.25, 0.3) is 0 Å². The lowest BCUT2D eigenvalue weighted by molar-refractivity contribution is -0.116. The quantitative estimate of drug-likeness (QED) is 0.736. The lowest BCUT2D eigenvalue weighted by atomic mass is 9.95. The summed E-state index contributed by atoms with van der Waals surface area (Å²) < 4.78 is 5.59. The fourth-order valence-electron chi connectivity index (χ4n) is 2.82. The van der Waals surface area contributed by atoms with E-state index in [9.17, 15) is 4.79 Å². The molecule has 3 rings (SSSR count). The van der Waals surface area contributed by atoms with Crippen LogP contribution in [0.4, 0.5) is 5.69 Å². The van der Waals surface area contributed by atoms with E-state index in [0.29, 0.717) is 11.8 Å². The first-order chi connectivity index (χ1) is 12.2. The maximum absolute atomic E-state index is 12.6. The van der Waals surface area contributed by atoms with Gasteiger partial charge in [-0.25, -0.2) is 0 Å². The minimum atomic E-state index is -0.267. The Morgan fingerprint density at radius 2 is 1.80 bits per heavy atom. The molecule has 0 aliphatic rings. The fraction of sp³-hybridized carbons (Fsp3) is 0.250. The van der Waals surface area contributed by atoms with E-state index in [0.717, 1.165) is 23.2 Å². The summed E-state index contributed by atoms with van der Waals surface area (Å²) in [5.74, 6) is 0.608. The second-order valence-corrected chi connectivity index (χ2v) is 5.89. The number of aryl methyl sites for hydroxylation is 2. The molecule has 0 aliphatic carbocycles. The molecular weight excluding hydrogens is 314 g/mol. The summed E-state index contributed by atoms with van der Waals surface area (Å²) in [5.41, 5.74) is 2.94. The Kier molecular flexibility index (Phi) is 5.23. The highest BCUT2D eigenvalue weighted by Crippen LogP contribution is 2.28. The van der Waals surface area contributed by atoms with Crippen LogP contribution < -0.4 is 5.32 Å². The first-order valence-electron chi connectivity index (χ1n) is 8.40. The Morgan fingerprint density at radius 3 is 2.48 bits per heavy atom. The van der Waals surface area contributed by atoms with E-state index in [1.54, 1.807) is 6.92 Å². The average Bonchev–Trinajstić information content (AvgIpc) is 3.07. The summed E-state index contributed by atoms with van der Waals surface area (Å²) in [7, 11) is 0. The van der Waals surface area contributed by atoms with Gasteiger partial charge in [0.15, 0.2) is 0 Å². The van der Waals surface area contributed by atoms with Gasteiger partial charge in [-0.05, 0) is 23.6 Å². The number of hydrogen-bond donors (Lipinski definition) is 1. The topological polar surface area (TPSA) is 68.0 Å². The van der Waals surface area contributed by atoms with Crippen LogP contribution in [0.15, 0.2) is 59.0 Å². The van der Waals surface area contributed by atoms with Crippen molar-refractivity contribution >= 4 is 11.6 Å². The van der Waals surface area contributed by atoms with Gasteiger partial charge in [-0.3, -0.25) is 4.79 Å². The van der Waals surface area contributed by atoms with Crippen LogP contribution in [0, 0.1) is 6.92 Å². The van der Waals surface area contributed by atoms with Gasteiger partial charge in [-0.1, -0.05) is 55.5 Å². The Hall–Kier alpha value is -2.95. The first kappa shape index (κ1) is 16.9. The van der Waals surface area contributed by atoms with E-state index in [4.69, 9.17) is 4.42 Å². The van der Waals surface area contributed by atoms with Crippen molar-refractivity contribution in [3.63, 3.8) is 0 Å². The van der Waals surface area contributed by atoms with Crippen molar-refractivity contribution in [1.29, 1.82) is 0 Å². The van der Waals surface area contributed by atoms with E-state index in [-0.39, 0.29) is 18.2 Å². The number of carbonyl (C=O) groups is 1. The molecule has 1 atom stereocenters. The number of anilines is 1. The van der Waals surface area contributed by atoms with Crippen molar-refractivity contribution in [2.45, 2.75) is 32.6 Å². The van der Waals surface area contributed by atoms with E-state index >= 15 is 0 Å². The van der Waals surface area contributed by atoms with E-state index in [1.807, 2.05) is 54.6 Å². The van der Waals surface area contributed by atoms with Crippen molar-refractivity contribution in [3.05, 3.63) is 77.5 Å². The lowest BCUT2D eigenvalue weighted by Crippen LogP contribution is -2.17. The van der Waals surface area contributed by atoms with Crippen LogP contribution >= 0.6 is 0 Å². The zero-order valence-corrected chi connectivity index (χ0v) is 14.4. The SMILES string of the molecule is CCc1ccccc1NC(=O)CC(c1ccccc1)c1nnc(C)o1. The van der Waals surface area contributed by atoms with Crippen LogP contribution in [-0.2, 0) is 11.2 Å². The molecule has 0 spiro atoms. The number of benzene rings is 2. The number of aromatic nitrogens is 2. The third-order valence-electron chi connectivity index (χ3n) is 4.10. The molecule has 0 bridgehead atoms. The monoisotopic (exact) mass is 335 g/mol. The zero-order valence-electron chi connectivity index (χ0n) is 14.4. The minimum Gasteiger partial charge on any atom is -0.425 e. The van der Waals surface area contributed by atoms with Gasteiger partial charge < -0.3 is 9.73 Å². The predicted octanol–water partition coefficient (Wildman–Crippen LogP) is 4.10. The number of carbonyl (C=O) groups excluding carboxylic acids is 1. The summed E-state index contributed by atoms with van der Waals surface area (Å²) in [4.78, 5) is 12.6. The molecule has 3 aromatic rings. The van der Waals surface area contributed by atoms with Gasteiger partial charge in [0, 0.05) is 19.0 Å². The highest BCUT2D eigenvalue weighted by atomic mass is 16.4. The number of rotatable bonds is 6. The van der Waals surface area contributed by atoms with Crippen LogP contribution in [0.3, 0.4) is 0 Å². The molecule has 1 amide bonds. The van der Waals surface area contributed by atoms with Gasteiger partial charge in [-0.2, -0.15) is 0 Å². The molecule has 1 unspecified atom stereocenters. The highest BCUT2D eigenvalue weighted by Gasteiger charge is 2.23. The Labute approximate surface area is 147 Å². The normalized spacial score (nSPS) is 11.9. The minimum absolute atomic E-state index is 0.0781. The second-order valence-electron chi connectivity index (χ2n) is 5.89. The van der Waals surface area contributed by atoms with Crippen LogP contribution in [-0.4, -0.2) is 16.1 Å². The molecule has 0 aliphatic heterocycles. The summed E-state index contributed by atoms with van der Waals surface area (Å²) in [6, 6.07) is 17.6. The molecule has 1 heterocycles. The maximum Gasteiger partial charge on any atom is 0.225 e. The van der Waals surface area contributed by atoms with Crippen molar-refractivity contribution in [2.75, 3.05) is 5.32 Å². The van der Waals surface area contributed by atoms with Crippen molar-refractivity contribution < 1.29 is 9.21 Å². The first-order valence-corrected chi connectivity index (χ1v) is 8.40. The Morgan fingerprint density at radius 1 is 1.08 bits per heavy atom. The molecule has 1 N–H and O–H groups in total. The van der Waals surface area contributed by atoms with E-state index < -0.39 is 0 Å². The molecule has 25 heavy (non-hydrogen) atoms. The summed E-state index contributed by atoms with van der Waals surface area (Å²) in [6.45, 7) is 3.81. The number of nitrogens with zero attached hydrogens (tertiary/aromatic N) is 2. The Balaban J connectivity index is 1.82. The molecule has 5 heteroatoms.